The van der Waals surface area contributed by atoms with Crippen molar-refractivity contribution in [3.63, 3.8) is 0 Å². The van der Waals surface area contributed by atoms with E-state index in [9.17, 15) is 0 Å². The van der Waals surface area contributed by atoms with Gasteiger partial charge in [0.2, 0.25) is 0 Å². The van der Waals surface area contributed by atoms with E-state index in [1.165, 1.54) is 11.4 Å². The zero-order valence-electron chi connectivity index (χ0n) is 13.1. The number of fused-ring (bicyclic) bond motifs is 1. The molecule has 0 fully saturated rings. The molecule has 0 amide bonds. The summed E-state index contributed by atoms with van der Waals surface area (Å²) in [7, 11) is 0. The molecule has 116 valence electrons. The van der Waals surface area contributed by atoms with Crippen LogP contribution in [-0.2, 0) is 6.54 Å². The summed E-state index contributed by atoms with van der Waals surface area (Å²) in [5.74, 6) is 0. The third-order valence-electron chi connectivity index (χ3n) is 4.46. The quantitative estimate of drug-likeness (QED) is 0.774. The van der Waals surface area contributed by atoms with E-state index in [0.717, 1.165) is 34.5 Å². The SMILES string of the molecule is Cc1c(Cl)cccc1NC(=S)N1CCn2c(C)ccc2[C@H]1C. The Labute approximate surface area is 141 Å². The molecule has 1 aromatic heterocycles. The molecule has 1 aliphatic rings. The highest BCUT2D eigenvalue weighted by atomic mass is 35.5. The van der Waals surface area contributed by atoms with Crippen molar-refractivity contribution in [2.75, 3.05) is 11.9 Å². The molecule has 3 rings (SSSR count). The number of aromatic nitrogens is 1. The summed E-state index contributed by atoms with van der Waals surface area (Å²) in [6.07, 6.45) is 0. The zero-order valence-corrected chi connectivity index (χ0v) is 14.6. The van der Waals surface area contributed by atoms with Crippen molar-refractivity contribution in [2.24, 2.45) is 0 Å². The average molecular weight is 334 g/mol. The minimum absolute atomic E-state index is 0.266. The van der Waals surface area contributed by atoms with Gasteiger partial charge in [-0.1, -0.05) is 17.7 Å². The second kappa shape index (κ2) is 5.94. The highest BCUT2D eigenvalue weighted by Gasteiger charge is 2.26. The van der Waals surface area contributed by atoms with Gasteiger partial charge in [0.1, 0.15) is 0 Å². The maximum absolute atomic E-state index is 6.18. The van der Waals surface area contributed by atoms with Crippen molar-refractivity contribution >= 4 is 34.6 Å². The van der Waals surface area contributed by atoms with Gasteiger partial charge in [0.25, 0.3) is 0 Å². The summed E-state index contributed by atoms with van der Waals surface area (Å²) in [5, 5.41) is 4.86. The lowest BCUT2D eigenvalue weighted by Gasteiger charge is -2.37. The van der Waals surface area contributed by atoms with E-state index in [4.69, 9.17) is 23.8 Å². The third-order valence-corrected chi connectivity index (χ3v) is 5.21. The molecule has 5 heteroatoms. The molecule has 0 saturated carbocycles. The van der Waals surface area contributed by atoms with Crippen molar-refractivity contribution in [1.29, 1.82) is 0 Å². The lowest BCUT2D eigenvalue weighted by Crippen LogP contribution is -2.43. The van der Waals surface area contributed by atoms with Gasteiger partial charge in [0, 0.05) is 35.2 Å². The Morgan fingerprint density at radius 2 is 2.00 bits per heavy atom. The topological polar surface area (TPSA) is 20.2 Å². The summed E-state index contributed by atoms with van der Waals surface area (Å²) < 4.78 is 2.37. The Balaban J connectivity index is 1.80. The minimum Gasteiger partial charge on any atom is -0.345 e. The molecule has 0 aliphatic carbocycles. The Kier molecular flexibility index (Phi) is 4.15. The number of hydrogen-bond acceptors (Lipinski definition) is 1. The molecule has 2 heterocycles. The number of nitrogens with one attached hydrogen (secondary N) is 1. The molecule has 0 bridgehead atoms. The Morgan fingerprint density at radius 3 is 2.77 bits per heavy atom. The molecule has 3 nitrogen and oxygen atoms in total. The van der Waals surface area contributed by atoms with E-state index in [2.05, 4.69) is 40.8 Å². The largest absolute Gasteiger partial charge is 0.345 e. The molecule has 1 N–H and O–H groups in total. The first kappa shape index (κ1) is 15.4. The van der Waals surface area contributed by atoms with Crippen molar-refractivity contribution in [3.8, 4) is 0 Å². The number of aryl methyl sites for hydroxylation is 1. The molecule has 1 aromatic carbocycles. The van der Waals surface area contributed by atoms with Gasteiger partial charge in [0.15, 0.2) is 5.11 Å². The molecular weight excluding hydrogens is 314 g/mol. The van der Waals surface area contributed by atoms with Crippen LogP contribution >= 0.6 is 23.8 Å². The van der Waals surface area contributed by atoms with Gasteiger partial charge in [-0.2, -0.15) is 0 Å². The van der Waals surface area contributed by atoms with Gasteiger partial charge in [-0.25, -0.2) is 0 Å². The summed E-state index contributed by atoms with van der Waals surface area (Å²) in [6, 6.07) is 10.5. The van der Waals surface area contributed by atoms with Crippen LogP contribution in [0.5, 0.6) is 0 Å². The van der Waals surface area contributed by atoms with E-state index in [1.807, 2.05) is 25.1 Å². The normalized spacial score (nSPS) is 17.3. The smallest absolute Gasteiger partial charge is 0.174 e. The van der Waals surface area contributed by atoms with Gasteiger partial charge in [-0.05, 0) is 62.8 Å². The van der Waals surface area contributed by atoms with E-state index in [0.29, 0.717) is 0 Å². The van der Waals surface area contributed by atoms with Crippen LogP contribution in [0, 0.1) is 13.8 Å². The first-order chi connectivity index (χ1) is 10.5. The van der Waals surface area contributed by atoms with Crippen molar-refractivity contribution in [3.05, 3.63) is 52.3 Å². The highest BCUT2D eigenvalue weighted by molar-refractivity contribution is 7.80. The predicted octanol–water partition coefficient (Wildman–Crippen LogP) is 4.53. The fourth-order valence-electron chi connectivity index (χ4n) is 3.03. The highest BCUT2D eigenvalue weighted by Crippen LogP contribution is 2.29. The molecule has 0 spiro atoms. The molecule has 0 unspecified atom stereocenters. The number of benzene rings is 1. The number of halogens is 1. The lowest BCUT2D eigenvalue weighted by atomic mass is 10.1. The number of hydrogen-bond donors (Lipinski definition) is 1. The van der Waals surface area contributed by atoms with Crippen LogP contribution in [0.25, 0.3) is 0 Å². The number of nitrogens with zero attached hydrogens (tertiary/aromatic N) is 2. The first-order valence-electron chi connectivity index (χ1n) is 7.48. The second-order valence-electron chi connectivity index (χ2n) is 5.76. The number of thiocarbonyl (C=S) groups is 1. The van der Waals surface area contributed by atoms with Crippen LogP contribution in [0.4, 0.5) is 5.69 Å². The van der Waals surface area contributed by atoms with Gasteiger partial charge in [-0.3, -0.25) is 0 Å². The fraction of sp³-hybridized carbons (Fsp3) is 0.353. The van der Waals surface area contributed by atoms with Crippen molar-refractivity contribution in [1.82, 2.24) is 9.47 Å². The van der Waals surface area contributed by atoms with E-state index in [-0.39, 0.29) is 6.04 Å². The standard InChI is InChI=1S/C17H20ClN3S/c1-11-7-8-16-13(3)21(10-9-20(11)16)17(22)19-15-6-4-5-14(18)12(15)2/h4-8,13H,9-10H2,1-3H3,(H,19,22)/t13-/m1/s1. The Hall–Kier alpha value is -1.52. The molecule has 2 aromatic rings. The monoisotopic (exact) mass is 333 g/mol. The predicted molar refractivity (Wildman–Crippen MR) is 96.7 cm³/mol. The first-order valence-corrected chi connectivity index (χ1v) is 8.26. The van der Waals surface area contributed by atoms with E-state index in [1.54, 1.807) is 0 Å². The third kappa shape index (κ3) is 2.61. The molecule has 0 radical (unpaired) electrons. The van der Waals surface area contributed by atoms with Crippen molar-refractivity contribution in [2.45, 2.75) is 33.4 Å². The van der Waals surface area contributed by atoms with E-state index < -0.39 is 0 Å². The summed E-state index contributed by atoms with van der Waals surface area (Å²) in [5.41, 5.74) is 4.62. The van der Waals surface area contributed by atoms with Gasteiger partial charge in [0.05, 0.1) is 6.04 Å². The van der Waals surface area contributed by atoms with E-state index >= 15 is 0 Å². The minimum atomic E-state index is 0.266. The second-order valence-corrected chi connectivity index (χ2v) is 6.56. The van der Waals surface area contributed by atoms with Gasteiger partial charge < -0.3 is 14.8 Å². The van der Waals surface area contributed by atoms with Crippen LogP contribution in [-0.4, -0.2) is 21.1 Å². The Bertz CT molecular complexity index is 723. The van der Waals surface area contributed by atoms with Crippen LogP contribution < -0.4 is 5.32 Å². The molecular formula is C17H20ClN3S. The van der Waals surface area contributed by atoms with Crippen LogP contribution in [0.3, 0.4) is 0 Å². The van der Waals surface area contributed by atoms with Gasteiger partial charge in [-0.15, -0.1) is 0 Å². The summed E-state index contributed by atoms with van der Waals surface area (Å²) in [4.78, 5) is 2.24. The molecule has 0 saturated heterocycles. The maximum atomic E-state index is 6.18. The Morgan fingerprint density at radius 1 is 1.23 bits per heavy atom. The van der Waals surface area contributed by atoms with Crippen LogP contribution in [0.1, 0.15) is 29.9 Å². The van der Waals surface area contributed by atoms with Crippen molar-refractivity contribution < 1.29 is 0 Å². The van der Waals surface area contributed by atoms with Crippen LogP contribution in [0.15, 0.2) is 30.3 Å². The molecule has 1 aliphatic heterocycles. The lowest BCUT2D eigenvalue weighted by molar-refractivity contribution is 0.274. The summed E-state index contributed by atoms with van der Waals surface area (Å²) in [6.45, 7) is 8.23. The van der Waals surface area contributed by atoms with Crippen LogP contribution in [0.2, 0.25) is 5.02 Å². The zero-order chi connectivity index (χ0) is 15.9. The maximum Gasteiger partial charge on any atom is 0.174 e. The number of anilines is 1. The number of rotatable bonds is 1. The fourth-order valence-corrected chi connectivity index (χ4v) is 3.56. The summed E-state index contributed by atoms with van der Waals surface area (Å²) >= 11 is 11.8. The average Bonchev–Trinajstić information content (AvgIpc) is 2.87. The molecule has 1 atom stereocenters. The molecule has 22 heavy (non-hydrogen) atoms. The van der Waals surface area contributed by atoms with Gasteiger partial charge >= 0.3 is 0 Å².